The van der Waals surface area contributed by atoms with Gasteiger partial charge in [-0.1, -0.05) is 23.2 Å². The van der Waals surface area contributed by atoms with E-state index < -0.39 is 10.0 Å². The summed E-state index contributed by atoms with van der Waals surface area (Å²) in [6.45, 7) is 3.29. The number of hydrogen-bond donors (Lipinski definition) is 1. The number of hydrogen-bond acceptors (Lipinski definition) is 3. The first kappa shape index (κ1) is 16.6. The van der Waals surface area contributed by atoms with Crippen molar-refractivity contribution in [3.63, 3.8) is 0 Å². The summed E-state index contributed by atoms with van der Waals surface area (Å²) < 4.78 is 27.6. The molecule has 0 fully saturated rings. The van der Waals surface area contributed by atoms with E-state index in [0.717, 1.165) is 0 Å². The van der Waals surface area contributed by atoms with Crippen LogP contribution in [-0.4, -0.2) is 8.42 Å². The molecule has 2 aromatic rings. The average Bonchev–Trinajstić information content (AvgIpc) is 2.45. The molecule has 0 saturated carbocycles. The molecule has 0 amide bonds. The molecule has 0 atom stereocenters. The van der Waals surface area contributed by atoms with Gasteiger partial charge in [-0.25, -0.2) is 8.42 Å². The highest BCUT2D eigenvalue weighted by atomic mass is 35.5. The lowest BCUT2D eigenvalue weighted by atomic mass is 10.2. The van der Waals surface area contributed by atoms with Gasteiger partial charge in [0.05, 0.1) is 16.7 Å². The van der Waals surface area contributed by atoms with Crippen LogP contribution in [0.2, 0.25) is 10.0 Å². The van der Waals surface area contributed by atoms with Gasteiger partial charge < -0.3 is 0 Å². The number of aryl methyl sites for hydroxylation is 1. The number of benzene rings is 2. The summed E-state index contributed by atoms with van der Waals surface area (Å²) in [6, 6.07) is 9.66. The fraction of sp³-hybridized carbons (Fsp3) is 0.133. The highest BCUT2D eigenvalue weighted by Gasteiger charge is 2.24. The molecular formula is C15H12Cl2N2O2S. The van der Waals surface area contributed by atoms with Gasteiger partial charge in [-0.2, -0.15) is 5.26 Å². The normalized spacial score (nSPS) is 11.0. The summed E-state index contributed by atoms with van der Waals surface area (Å²) in [6.07, 6.45) is 0. The smallest absolute Gasteiger partial charge is 0.263 e. The molecule has 2 aromatic carbocycles. The molecule has 7 heteroatoms. The van der Waals surface area contributed by atoms with Crippen molar-refractivity contribution in [2.24, 2.45) is 0 Å². The van der Waals surface area contributed by atoms with Gasteiger partial charge in [0.15, 0.2) is 0 Å². The Bertz CT molecular complexity index is 844. The van der Waals surface area contributed by atoms with E-state index in [1.165, 1.54) is 24.3 Å². The quantitative estimate of drug-likeness (QED) is 0.893. The number of nitriles is 1. The van der Waals surface area contributed by atoms with Crippen LogP contribution in [0.5, 0.6) is 0 Å². The lowest BCUT2D eigenvalue weighted by Crippen LogP contribution is -2.15. The first-order valence-electron chi connectivity index (χ1n) is 6.24. The van der Waals surface area contributed by atoms with Crippen molar-refractivity contribution in [1.82, 2.24) is 0 Å². The zero-order valence-electron chi connectivity index (χ0n) is 11.8. The van der Waals surface area contributed by atoms with Gasteiger partial charge in [0.1, 0.15) is 4.90 Å². The second-order valence-electron chi connectivity index (χ2n) is 4.74. The summed E-state index contributed by atoms with van der Waals surface area (Å²) in [4.78, 5) is -0.0384. The fourth-order valence-electron chi connectivity index (χ4n) is 1.95. The zero-order valence-corrected chi connectivity index (χ0v) is 14.1. The van der Waals surface area contributed by atoms with Gasteiger partial charge in [-0.3, -0.25) is 4.72 Å². The molecule has 22 heavy (non-hydrogen) atoms. The van der Waals surface area contributed by atoms with E-state index in [9.17, 15) is 8.42 Å². The third-order valence-electron chi connectivity index (χ3n) is 3.12. The molecule has 0 spiro atoms. The highest BCUT2D eigenvalue weighted by molar-refractivity contribution is 7.93. The summed E-state index contributed by atoms with van der Waals surface area (Å²) in [5.41, 5.74) is 1.75. The number of sulfonamides is 1. The maximum atomic E-state index is 12.6. The second-order valence-corrected chi connectivity index (χ2v) is 7.14. The maximum Gasteiger partial charge on any atom is 0.263 e. The summed E-state index contributed by atoms with van der Waals surface area (Å²) in [7, 11) is -3.89. The molecule has 0 aliphatic heterocycles. The first-order chi connectivity index (χ1) is 10.3. The van der Waals surface area contributed by atoms with Crippen LogP contribution >= 0.6 is 23.2 Å². The van der Waals surface area contributed by atoms with Crippen LogP contribution in [0.15, 0.2) is 35.2 Å². The Kier molecular flexibility index (Phi) is 4.66. The summed E-state index contributed by atoms with van der Waals surface area (Å²) >= 11 is 12.2. The predicted molar refractivity (Wildman–Crippen MR) is 87.9 cm³/mol. The van der Waals surface area contributed by atoms with Crippen LogP contribution in [0.3, 0.4) is 0 Å². The minimum atomic E-state index is -3.89. The molecule has 0 saturated heterocycles. The molecule has 0 aromatic heterocycles. The Hall–Kier alpha value is -1.74. The Morgan fingerprint density at radius 3 is 2.27 bits per heavy atom. The molecule has 4 nitrogen and oxygen atoms in total. The summed E-state index contributed by atoms with van der Waals surface area (Å²) in [5.74, 6) is 0. The van der Waals surface area contributed by atoms with Crippen LogP contribution in [0, 0.1) is 25.2 Å². The maximum absolute atomic E-state index is 12.6. The number of halogens is 2. The van der Waals surface area contributed by atoms with E-state index >= 15 is 0 Å². The lowest BCUT2D eigenvalue weighted by molar-refractivity contribution is 0.600. The predicted octanol–water partition coefficient (Wildman–Crippen LogP) is 4.28. The van der Waals surface area contributed by atoms with Crippen molar-refractivity contribution in [3.8, 4) is 6.07 Å². The zero-order chi connectivity index (χ0) is 16.5. The Morgan fingerprint density at radius 2 is 1.73 bits per heavy atom. The van der Waals surface area contributed by atoms with Crippen molar-refractivity contribution in [2.75, 3.05) is 4.72 Å². The van der Waals surface area contributed by atoms with Crippen LogP contribution in [0.25, 0.3) is 0 Å². The van der Waals surface area contributed by atoms with Crippen molar-refractivity contribution in [3.05, 3.63) is 57.1 Å². The summed E-state index contributed by atoms with van der Waals surface area (Å²) in [5, 5.41) is 9.23. The molecule has 0 aliphatic carbocycles. The Labute approximate surface area is 139 Å². The van der Waals surface area contributed by atoms with E-state index in [1.54, 1.807) is 19.9 Å². The SMILES string of the molecule is Cc1cc(Cl)c(C)c(S(=O)(=O)Nc2ccc(C#N)cc2)c1Cl. The standard InChI is InChI=1S/C15H12Cl2N2O2S/c1-9-7-13(16)10(2)15(14(9)17)22(20,21)19-12-5-3-11(8-18)4-6-12/h3-7,19H,1-2H3. The monoisotopic (exact) mass is 354 g/mol. The number of nitrogens with one attached hydrogen (secondary N) is 1. The lowest BCUT2D eigenvalue weighted by Gasteiger charge is -2.14. The van der Waals surface area contributed by atoms with Crippen molar-refractivity contribution < 1.29 is 8.42 Å². The van der Waals surface area contributed by atoms with E-state index in [1.807, 2.05) is 6.07 Å². The molecule has 0 heterocycles. The molecule has 114 valence electrons. The number of nitrogens with zero attached hydrogens (tertiary/aromatic N) is 1. The fourth-order valence-corrected chi connectivity index (χ4v) is 4.23. The van der Waals surface area contributed by atoms with Gasteiger partial charge in [0, 0.05) is 10.7 Å². The molecule has 0 aliphatic rings. The van der Waals surface area contributed by atoms with Crippen LogP contribution in [0.1, 0.15) is 16.7 Å². The number of anilines is 1. The van der Waals surface area contributed by atoms with Crippen LogP contribution in [-0.2, 0) is 10.0 Å². The third-order valence-corrected chi connectivity index (χ3v) is 5.67. The first-order valence-corrected chi connectivity index (χ1v) is 8.48. The molecular weight excluding hydrogens is 343 g/mol. The van der Waals surface area contributed by atoms with Gasteiger partial charge in [-0.05, 0) is 55.3 Å². The Morgan fingerprint density at radius 1 is 1.14 bits per heavy atom. The average molecular weight is 355 g/mol. The van der Waals surface area contributed by atoms with Crippen LogP contribution < -0.4 is 4.72 Å². The topological polar surface area (TPSA) is 70.0 Å². The van der Waals surface area contributed by atoms with E-state index in [-0.39, 0.29) is 9.92 Å². The van der Waals surface area contributed by atoms with Crippen molar-refractivity contribution in [2.45, 2.75) is 18.7 Å². The van der Waals surface area contributed by atoms with Gasteiger partial charge in [0.25, 0.3) is 10.0 Å². The minimum Gasteiger partial charge on any atom is -0.280 e. The van der Waals surface area contributed by atoms with E-state index in [4.69, 9.17) is 28.5 Å². The van der Waals surface area contributed by atoms with Crippen molar-refractivity contribution >= 4 is 38.9 Å². The van der Waals surface area contributed by atoms with Crippen molar-refractivity contribution in [1.29, 1.82) is 5.26 Å². The van der Waals surface area contributed by atoms with E-state index in [0.29, 0.717) is 27.4 Å². The van der Waals surface area contributed by atoms with Gasteiger partial charge in [-0.15, -0.1) is 0 Å². The largest absolute Gasteiger partial charge is 0.280 e. The molecule has 0 radical (unpaired) electrons. The van der Waals surface area contributed by atoms with Crippen LogP contribution in [0.4, 0.5) is 5.69 Å². The molecule has 2 rings (SSSR count). The van der Waals surface area contributed by atoms with E-state index in [2.05, 4.69) is 4.72 Å². The molecule has 1 N–H and O–H groups in total. The highest BCUT2D eigenvalue weighted by Crippen LogP contribution is 2.34. The minimum absolute atomic E-state index is 0.0384. The molecule has 0 bridgehead atoms. The molecule has 0 unspecified atom stereocenters. The van der Waals surface area contributed by atoms with Gasteiger partial charge >= 0.3 is 0 Å². The number of rotatable bonds is 3. The third kappa shape index (κ3) is 3.20. The van der Waals surface area contributed by atoms with Gasteiger partial charge in [0.2, 0.25) is 0 Å². The Balaban J connectivity index is 2.49. The second kappa shape index (κ2) is 6.17.